The third-order valence-corrected chi connectivity index (χ3v) is 3.49. The second-order valence-electron chi connectivity index (χ2n) is 5.21. The summed E-state index contributed by atoms with van der Waals surface area (Å²) in [5, 5.41) is 0. The Labute approximate surface area is 133 Å². The van der Waals surface area contributed by atoms with E-state index in [2.05, 4.69) is 17.5 Å². The predicted octanol–water partition coefficient (Wildman–Crippen LogP) is 2.22. The van der Waals surface area contributed by atoms with Crippen molar-refractivity contribution >= 4 is 12.4 Å². The molecule has 1 aliphatic heterocycles. The van der Waals surface area contributed by atoms with Gasteiger partial charge in [0.05, 0.1) is 12.7 Å². The molecule has 5 heteroatoms. The number of ether oxygens (including phenoxy) is 2. The van der Waals surface area contributed by atoms with Crippen LogP contribution in [0.1, 0.15) is 12.5 Å². The highest BCUT2D eigenvalue weighted by molar-refractivity contribution is 5.85. The third kappa shape index (κ3) is 5.32. The van der Waals surface area contributed by atoms with E-state index in [9.17, 15) is 0 Å². The first-order chi connectivity index (χ1) is 9.70. The van der Waals surface area contributed by atoms with E-state index >= 15 is 0 Å². The number of hydrogen-bond acceptors (Lipinski definition) is 4. The standard InChI is InChI=1S/C16H24N2O2.ClH/c1-3-9-19-15-7-5-4-6-14(15)11-18-8-10-20-16(12-18)13(2)17;/h3-7,13,16H,1,8-12,17H2,2H3;1H. The zero-order valence-corrected chi connectivity index (χ0v) is 13.3. The van der Waals surface area contributed by atoms with Crippen molar-refractivity contribution < 1.29 is 9.47 Å². The van der Waals surface area contributed by atoms with E-state index in [1.807, 2.05) is 25.1 Å². The monoisotopic (exact) mass is 312 g/mol. The molecular weight excluding hydrogens is 288 g/mol. The van der Waals surface area contributed by atoms with Crippen LogP contribution in [-0.4, -0.2) is 43.3 Å². The van der Waals surface area contributed by atoms with Gasteiger partial charge in [0, 0.05) is 31.2 Å². The second-order valence-corrected chi connectivity index (χ2v) is 5.21. The van der Waals surface area contributed by atoms with Crippen LogP contribution in [0.3, 0.4) is 0 Å². The summed E-state index contributed by atoms with van der Waals surface area (Å²) in [4.78, 5) is 2.37. The first kappa shape index (κ1) is 18.0. The lowest BCUT2D eigenvalue weighted by Gasteiger charge is -2.35. The molecule has 0 aliphatic carbocycles. The van der Waals surface area contributed by atoms with Gasteiger partial charge in [-0.3, -0.25) is 4.90 Å². The van der Waals surface area contributed by atoms with Gasteiger partial charge in [-0.1, -0.05) is 30.9 Å². The Hall–Kier alpha value is -1.07. The zero-order chi connectivity index (χ0) is 14.4. The average Bonchev–Trinajstić information content (AvgIpc) is 2.46. The molecule has 2 N–H and O–H groups in total. The van der Waals surface area contributed by atoms with Crippen LogP contribution < -0.4 is 10.5 Å². The molecule has 0 radical (unpaired) electrons. The molecule has 0 bridgehead atoms. The van der Waals surface area contributed by atoms with Crippen molar-refractivity contribution in [2.75, 3.05) is 26.3 Å². The van der Waals surface area contributed by atoms with E-state index in [1.54, 1.807) is 6.08 Å². The number of rotatable bonds is 6. The lowest BCUT2D eigenvalue weighted by molar-refractivity contribution is -0.0405. The Balaban J connectivity index is 0.00000220. The first-order valence-corrected chi connectivity index (χ1v) is 7.12. The van der Waals surface area contributed by atoms with Crippen molar-refractivity contribution in [3.8, 4) is 5.75 Å². The molecule has 1 aromatic carbocycles. The Morgan fingerprint density at radius 2 is 2.29 bits per heavy atom. The smallest absolute Gasteiger partial charge is 0.124 e. The summed E-state index contributed by atoms with van der Waals surface area (Å²) in [6, 6.07) is 8.20. The van der Waals surface area contributed by atoms with Crippen LogP contribution in [0.25, 0.3) is 0 Å². The van der Waals surface area contributed by atoms with Gasteiger partial charge >= 0.3 is 0 Å². The normalized spacial score (nSPS) is 20.4. The average molecular weight is 313 g/mol. The molecule has 2 unspecified atom stereocenters. The summed E-state index contributed by atoms with van der Waals surface area (Å²) >= 11 is 0. The van der Waals surface area contributed by atoms with Crippen molar-refractivity contribution in [3.63, 3.8) is 0 Å². The van der Waals surface area contributed by atoms with E-state index in [1.165, 1.54) is 5.56 Å². The van der Waals surface area contributed by atoms with Gasteiger partial charge in [-0.2, -0.15) is 0 Å². The minimum absolute atomic E-state index is 0. The van der Waals surface area contributed by atoms with Gasteiger partial charge in [-0.25, -0.2) is 0 Å². The molecule has 4 nitrogen and oxygen atoms in total. The second kappa shape index (κ2) is 9.05. The number of hydrogen-bond donors (Lipinski definition) is 1. The van der Waals surface area contributed by atoms with Crippen molar-refractivity contribution in [3.05, 3.63) is 42.5 Å². The largest absolute Gasteiger partial charge is 0.489 e. The molecule has 1 aromatic rings. The molecular formula is C16H25ClN2O2. The Morgan fingerprint density at radius 1 is 1.52 bits per heavy atom. The van der Waals surface area contributed by atoms with E-state index < -0.39 is 0 Å². The number of nitrogens with zero attached hydrogens (tertiary/aromatic N) is 1. The fourth-order valence-electron chi connectivity index (χ4n) is 2.36. The van der Waals surface area contributed by atoms with E-state index in [-0.39, 0.29) is 24.6 Å². The molecule has 21 heavy (non-hydrogen) atoms. The fraction of sp³-hybridized carbons (Fsp3) is 0.500. The van der Waals surface area contributed by atoms with E-state index in [4.69, 9.17) is 15.2 Å². The molecule has 0 saturated carbocycles. The third-order valence-electron chi connectivity index (χ3n) is 3.49. The molecule has 0 amide bonds. The molecule has 118 valence electrons. The number of para-hydroxylation sites is 1. The molecule has 1 saturated heterocycles. The first-order valence-electron chi connectivity index (χ1n) is 7.12. The zero-order valence-electron chi connectivity index (χ0n) is 12.5. The van der Waals surface area contributed by atoms with Gasteiger partial charge < -0.3 is 15.2 Å². The maximum atomic E-state index is 5.93. The van der Waals surface area contributed by atoms with Crippen LogP contribution in [0, 0.1) is 0 Å². The fourth-order valence-corrected chi connectivity index (χ4v) is 2.36. The van der Waals surface area contributed by atoms with Crippen LogP contribution in [0.15, 0.2) is 36.9 Å². The topological polar surface area (TPSA) is 47.7 Å². The van der Waals surface area contributed by atoms with E-state index in [0.29, 0.717) is 6.61 Å². The van der Waals surface area contributed by atoms with Gasteiger partial charge in [-0.15, -0.1) is 12.4 Å². The molecule has 2 atom stereocenters. The Bertz CT molecular complexity index is 440. The molecule has 0 spiro atoms. The van der Waals surface area contributed by atoms with Gasteiger partial charge in [0.1, 0.15) is 12.4 Å². The maximum Gasteiger partial charge on any atom is 0.124 e. The quantitative estimate of drug-likeness (QED) is 0.818. The van der Waals surface area contributed by atoms with Crippen LogP contribution in [-0.2, 0) is 11.3 Å². The van der Waals surface area contributed by atoms with Crippen LogP contribution >= 0.6 is 12.4 Å². The summed E-state index contributed by atoms with van der Waals surface area (Å²) < 4.78 is 11.4. The number of nitrogens with two attached hydrogens (primary N) is 1. The van der Waals surface area contributed by atoms with E-state index in [0.717, 1.165) is 32.0 Å². The lowest BCUT2D eigenvalue weighted by atomic mass is 10.1. The summed E-state index contributed by atoms with van der Waals surface area (Å²) in [5.41, 5.74) is 7.13. The molecule has 1 fully saturated rings. The van der Waals surface area contributed by atoms with Gasteiger partial charge in [-0.05, 0) is 13.0 Å². The molecule has 2 rings (SSSR count). The van der Waals surface area contributed by atoms with Gasteiger partial charge in [0.2, 0.25) is 0 Å². The maximum absolute atomic E-state index is 5.93. The van der Waals surface area contributed by atoms with Crippen LogP contribution in [0.2, 0.25) is 0 Å². The van der Waals surface area contributed by atoms with Crippen molar-refractivity contribution in [2.45, 2.75) is 25.6 Å². The SMILES string of the molecule is C=CCOc1ccccc1CN1CCOC(C(C)N)C1.Cl. The summed E-state index contributed by atoms with van der Waals surface area (Å²) in [7, 11) is 0. The molecule has 0 aromatic heterocycles. The highest BCUT2D eigenvalue weighted by Gasteiger charge is 2.23. The van der Waals surface area contributed by atoms with Gasteiger partial charge in [0.25, 0.3) is 0 Å². The molecule has 1 heterocycles. The Kier molecular flexibility index (Phi) is 7.75. The van der Waals surface area contributed by atoms with Crippen molar-refractivity contribution in [2.24, 2.45) is 5.73 Å². The predicted molar refractivity (Wildman–Crippen MR) is 88.0 cm³/mol. The highest BCUT2D eigenvalue weighted by Crippen LogP contribution is 2.21. The van der Waals surface area contributed by atoms with Crippen molar-refractivity contribution in [1.82, 2.24) is 4.90 Å². The summed E-state index contributed by atoms with van der Waals surface area (Å²) in [6.45, 7) is 9.61. The lowest BCUT2D eigenvalue weighted by Crippen LogP contribution is -2.49. The minimum Gasteiger partial charge on any atom is -0.489 e. The highest BCUT2D eigenvalue weighted by atomic mass is 35.5. The Morgan fingerprint density at radius 3 is 3.00 bits per heavy atom. The summed E-state index contributed by atoms with van der Waals surface area (Å²) in [6.07, 6.45) is 1.88. The molecule has 1 aliphatic rings. The van der Waals surface area contributed by atoms with Gasteiger partial charge in [0.15, 0.2) is 0 Å². The van der Waals surface area contributed by atoms with Crippen molar-refractivity contribution in [1.29, 1.82) is 0 Å². The minimum atomic E-state index is 0. The number of benzene rings is 1. The number of morpholine rings is 1. The summed E-state index contributed by atoms with van der Waals surface area (Å²) in [5.74, 6) is 0.927. The number of halogens is 1. The van der Waals surface area contributed by atoms with Crippen LogP contribution in [0.5, 0.6) is 5.75 Å². The van der Waals surface area contributed by atoms with Crippen LogP contribution in [0.4, 0.5) is 0 Å².